The Bertz CT molecular complexity index is 473. The minimum atomic E-state index is -1.22. The predicted octanol–water partition coefficient (Wildman–Crippen LogP) is 2.04. The fraction of sp³-hybridized carbons (Fsp3) is 0.333. The summed E-state index contributed by atoms with van der Waals surface area (Å²) in [4.78, 5) is 23.9. The smallest absolute Gasteiger partial charge is 0.337 e. The lowest BCUT2D eigenvalue weighted by atomic mass is 10.1. The number of carboxylic acid groups (broad SMARTS) is 1. The standard InChI is InChI=1S/C12H12FNO3/c13-9-5-3-4-8(12(16)17)11(9)14-7-2-1-6-10(14)15/h3-5H,1-2,6-7H2,(H,16,17). The van der Waals surface area contributed by atoms with Crippen LogP contribution >= 0.6 is 0 Å². The molecule has 1 amide bonds. The molecule has 0 aromatic heterocycles. The quantitative estimate of drug-likeness (QED) is 0.856. The van der Waals surface area contributed by atoms with Gasteiger partial charge in [-0.1, -0.05) is 6.07 Å². The van der Waals surface area contributed by atoms with Crippen molar-refractivity contribution in [1.82, 2.24) is 0 Å². The van der Waals surface area contributed by atoms with E-state index in [1.807, 2.05) is 0 Å². The molecule has 1 aliphatic rings. The Labute approximate surface area is 97.7 Å². The SMILES string of the molecule is O=C(O)c1cccc(F)c1N1CCCCC1=O. The van der Waals surface area contributed by atoms with E-state index in [1.165, 1.54) is 23.1 Å². The van der Waals surface area contributed by atoms with Gasteiger partial charge in [0.15, 0.2) is 0 Å². The van der Waals surface area contributed by atoms with Crippen LogP contribution in [0.4, 0.5) is 10.1 Å². The van der Waals surface area contributed by atoms with E-state index in [4.69, 9.17) is 5.11 Å². The van der Waals surface area contributed by atoms with Crippen LogP contribution in [0.3, 0.4) is 0 Å². The van der Waals surface area contributed by atoms with E-state index in [0.29, 0.717) is 13.0 Å². The third-order valence-corrected chi connectivity index (χ3v) is 2.81. The lowest BCUT2D eigenvalue weighted by Crippen LogP contribution is -2.37. The first-order valence-electron chi connectivity index (χ1n) is 5.43. The molecule has 0 radical (unpaired) electrons. The Kier molecular flexibility index (Phi) is 3.08. The Morgan fingerprint density at radius 2 is 2.12 bits per heavy atom. The summed E-state index contributed by atoms with van der Waals surface area (Å²) in [6.07, 6.45) is 1.87. The van der Waals surface area contributed by atoms with Crippen LogP contribution in [-0.4, -0.2) is 23.5 Å². The molecule has 1 heterocycles. The van der Waals surface area contributed by atoms with Crippen molar-refractivity contribution in [3.05, 3.63) is 29.6 Å². The number of amides is 1. The van der Waals surface area contributed by atoms with Crippen molar-refractivity contribution in [3.8, 4) is 0 Å². The van der Waals surface area contributed by atoms with Gasteiger partial charge in [0.25, 0.3) is 0 Å². The summed E-state index contributed by atoms with van der Waals surface area (Å²) < 4.78 is 13.7. The average Bonchev–Trinajstić information content (AvgIpc) is 2.30. The molecule has 5 heteroatoms. The molecule has 0 atom stereocenters. The van der Waals surface area contributed by atoms with Crippen molar-refractivity contribution < 1.29 is 19.1 Å². The highest BCUT2D eigenvalue weighted by molar-refractivity contribution is 6.02. The van der Waals surface area contributed by atoms with Crippen LogP contribution in [0.15, 0.2) is 18.2 Å². The molecule has 0 unspecified atom stereocenters. The maximum absolute atomic E-state index is 13.7. The molecular weight excluding hydrogens is 225 g/mol. The van der Waals surface area contributed by atoms with Crippen molar-refractivity contribution in [1.29, 1.82) is 0 Å². The van der Waals surface area contributed by atoms with Crippen LogP contribution in [0, 0.1) is 5.82 Å². The van der Waals surface area contributed by atoms with Gasteiger partial charge in [0, 0.05) is 13.0 Å². The fourth-order valence-electron chi connectivity index (χ4n) is 2.00. The normalized spacial score (nSPS) is 16.1. The van der Waals surface area contributed by atoms with E-state index in [0.717, 1.165) is 12.8 Å². The Morgan fingerprint density at radius 3 is 2.76 bits per heavy atom. The van der Waals surface area contributed by atoms with E-state index in [1.54, 1.807) is 0 Å². The van der Waals surface area contributed by atoms with E-state index < -0.39 is 11.8 Å². The molecule has 1 aliphatic heterocycles. The number of nitrogens with zero attached hydrogens (tertiary/aromatic N) is 1. The largest absolute Gasteiger partial charge is 0.478 e. The van der Waals surface area contributed by atoms with Crippen LogP contribution in [0.2, 0.25) is 0 Å². The van der Waals surface area contributed by atoms with Gasteiger partial charge in [0.2, 0.25) is 5.91 Å². The molecule has 0 spiro atoms. The Morgan fingerprint density at radius 1 is 1.35 bits per heavy atom. The number of hydrogen-bond acceptors (Lipinski definition) is 2. The van der Waals surface area contributed by atoms with Gasteiger partial charge in [-0.3, -0.25) is 4.79 Å². The topological polar surface area (TPSA) is 57.6 Å². The monoisotopic (exact) mass is 237 g/mol. The molecule has 4 nitrogen and oxygen atoms in total. The minimum absolute atomic E-state index is 0.107. The van der Waals surface area contributed by atoms with Crippen molar-refractivity contribution >= 4 is 17.6 Å². The third-order valence-electron chi connectivity index (χ3n) is 2.81. The number of anilines is 1. The molecule has 90 valence electrons. The number of halogens is 1. The molecular formula is C12H12FNO3. The number of piperidine rings is 1. The fourth-order valence-corrected chi connectivity index (χ4v) is 2.00. The first kappa shape index (κ1) is 11.6. The molecule has 17 heavy (non-hydrogen) atoms. The number of rotatable bonds is 2. The van der Waals surface area contributed by atoms with Crippen LogP contribution in [0.1, 0.15) is 29.6 Å². The number of para-hydroxylation sites is 1. The zero-order chi connectivity index (χ0) is 12.4. The first-order valence-corrected chi connectivity index (χ1v) is 5.43. The second-order valence-electron chi connectivity index (χ2n) is 3.94. The first-order chi connectivity index (χ1) is 8.11. The highest BCUT2D eigenvalue weighted by atomic mass is 19.1. The minimum Gasteiger partial charge on any atom is -0.478 e. The van der Waals surface area contributed by atoms with Gasteiger partial charge in [-0.05, 0) is 25.0 Å². The molecule has 0 aliphatic carbocycles. The summed E-state index contributed by atoms with van der Waals surface area (Å²) in [5.74, 6) is -2.11. The van der Waals surface area contributed by atoms with Crippen LogP contribution in [0.25, 0.3) is 0 Å². The Hall–Kier alpha value is -1.91. The number of benzene rings is 1. The van der Waals surface area contributed by atoms with E-state index in [-0.39, 0.29) is 17.2 Å². The van der Waals surface area contributed by atoms with Gasteiger partial charge < -0.3 is 10.0 Å². The molecule has 0 saturated carbocycles. The summed E-state index contributed by atoms with van der Waals surface area (Å²) in [7, 11) is 0. The lowest BCUT2D eigenvalue weighted by Gasteiger charge is -2.28. The Balaban J connectivity index is 2.49. The molecule has 1 N–H and O–H groups in total. The highest BCUT2D eigenvalue weighted by Crippen LogP contribution is 2.28. The van der Waals surface area contributed by atoms with Gasteiger partial charge in [-0.2, -0.15) is 0 Å². The van der Waals surface area contributed by atoms with Crippen molar-refractivity contribution in [2.24, 2.45) is 0 Å². The summed E-state index contributed by atoms with van der Waals surface area (Å²) >= 11 is 0. The zero-order valence-electron chi connectivity index (χ0n) is 9.15. The lowest BCUT2D eigenvalue weighted by molar-refractivity contribution is -0.119. The van der Waals surface area contributed by atoms with E-state index >= 15 is 0 Å². The zero-order valence-corrected chi connectivity index (χ0v) is 9.15. The summed E-state index contributed by atoms with van der Waals surface area (Å²) in [5, 5.41) is 9.00. The number of carbonyl (C=O) groups excluding carboxylic acids is 1. The van der Waals surface area contributed by atoms with Gasteiger partial charge >= 0.3 is 5.97 Å². The van der Waals surface area contributed by atoms with Gasteiger partial charge in [0.05, 0.1) is 11.3 Å². The highest BCUT2D eigenvalue weighted by Gasteiger charge is 2.26. The molecule has 1 aromatic rings. The molecule has 0 bridgehead atoms. The van der Waals surface area contributed by atoms with Crippen molar-refractivity contribution in [2.45, 2.75) is 19.3 Å². The second-order valence-corrected chi connectivity index (χ2v) is 3.94. The summed E-state index contributed by atoms with van der Waals surface area (Å²) in [6, 6.07) is 3.81. The van der Waals surface area contributed by atoms with E-state index in [9.17, 15) is 14.0 Å². The van der Waals surface area contributed by atoms with Crippen LogP contribution in [-0.2, 0) is 4.79 Å². The number of carbonyl (C=O) groups is 2. The number of carboxylic acids is 1. The molecule has 1 saturated heterocycles. The summed E-state index contributed by atoms with van der Waals surface area (Å²) in [5.41, 5.74) is -0.273. The molecule has 1 fully saturated rings. The average molecular weight is 237 g/mol. The number of hydrogen-bond donors (Lipinski definition) is 1. The second kappa shape index (κ2) is 4.53. The number of aromatic carboxylic acids is 1. The molecule has 1 aromatic carbocycles. The van der Waals surface area contributed by atoms with Crippen molar-refractivity contribution in [3.63, 3.8) is 0 Å². The van der Waals surface area contributed by atoms with Gasteiger partial charge in [-0.25, -0.2) is 9.18 Å². The van der Waals surface area contributed by atoms with Crippen molar-refractivity contribution in [2.75, 3.05) is 11.4 Å². The third kappa shape index (κ3) is 2.13. The summed E-state index contributed by atoms with van der Waals surface area (Å²) in [6.45, 7) is 0.375. The van der Waals surface area contributed by atoms with Crippen LogP contribution in [0.5, 0.6) is 0 Å². The van der Waals surface area contributed by atoms with E-state index in [2.05, 4.69) is 0 Å². The van der Waals surface area contributed by atoms with Crippen LogP contribution < -0.4 is 4.90 Å². The van der Waals surface area contributed by atoms with Gasteiger partial charge in [0.1, 0.15) is 5.82 Å². The maximum Gasteiger partial charge on any atom is 0.337 e. The predicted molar refractivity (Wildman–Crippen MR) is 59.6 cm³/mol. The maximum atomic E-state index is 13.7. The van der Waals surface area contributed by atoms with Gasteiger partial charge in [-0.15, -0.1) is 0 Å². The molecule has 2 rings (SSSR count).